The molecule has 2 N–H and O–H groups in total. The smallest absolute Gasteiger partial charge is 0.416 e. The van der Waals surface area contributed by atoms with Crippen molar-refractivity contribution >= 4 is 17.4 Å². The SMILES string of the molecule is CO/N=C(\C(=O)O)c1ccccc1CO/N=C(\CO)c1cccc(C(F)(F)F)c1. The van der Waals surface area contributed by atoms with Gasteiger partial charge in [-0.05, 0) is 12.1 Å². The number of alkyl halides is 3. The fourth-order valence-electron chi connectivity index (χ4n) is 2.40. The van der Waals surface area contributed by atoms with Crippen molar-refractivity contribution in [1.29, 1.82) is 0 Å². The van der Waals surface area contributed by atoms with Crippen LogP contribution in [0.3, 0.4) is 0 Å². The topological polar surface area (TPSA) is 101 Å². The molecular weight excluding hydrogens is 393 g/mol. The molecule has 10 heteroatoms. The number of nitrogens with zero attached hydrogens (tertiary/aromatic N) is 2. The Morgan fingerprint density at radius 1 is 1.10 bits per heavy atom. The molecule has 29 heavy (non-hydrogen) atoms. The summed E-state index contributed by atoms with van der Waals surface area (Å²) in [6.45, 7) is -0.872. The second kappa shape index (κ2) is 9.69. The lowest BCUT2D eigenvalue weighted by atomic mass is 10.0. The lowest BCUT2D eigenvalue weighted by Crippen LogP contribution is -2.17. The minimum atomic E-state index is -4.54. The summed E-state index contributed by atoms with van der Waals surface area (Å²) in [6, 6.07) is 10.6. The first-order valence-electron chi connectivity index (χ1n) is 8.18. The molecule has 0 aliphatic rings. The number of carbonyl (C=O) groups is 1. The summed E-state index contributed by atoms with van der Waals surface area (Å²) in [5.74, 6) is -1.32. The maximum absolute atomic E-state index is 12.9. The van der Waals surface area contributed by atoms with Gasteiger partial charge in [-0.1, -0.05) is 46.7 Å². The van der Waals surface area contributed by atoms with E-state index in [0.29, 0.717) is 5.56 Å². The van der Waals surface area contributed by atoms with Gasteiger partial charge in [-0.25, -0.2) is 4.79 Å². The first-order valence-corrected chi connectivity index (χ1v) is 8.18. The van der Waals surface area contributed by atoms with E-state index in [2.05, 4.69) is 15.1 Å². The fraction of sp³-hybridized carbons (Fsp3) is 0.211. The Morgan fingerprint density at radius 2 is 1.83 bits per heavy atom. The van der Waals surface area contributed by atoms with Crippen molar-refractivity contribution in [2.45, 2.75) is 12.8 Å². The maximum Gasteiger partial charge on any atom is 0.416 e. The van der Waals surface area contributed by atoms with Crippen LogP contribution in [-0.2, 0) is 27.3 Å². The Kier molecular flexibility index (Phi) is 7.32. The van der Waals surface area contributed by atoms with Gasteiger partial charge in [0.2, 0.25) is 0 Å². The van der Waals surface area contributed by atoms with Crippen molar-refractivity contribution in [2.75, 3.05) is 13.7 Å². The van der Waals surface area contributed by atoms with Gasteiger partial charge in [0.25, 0.3) is 0 Å². The molecule has 0 spiro atoms. The van der Waals surface area contributed by atoms with E-state index in [1.54, 1.807) is 18.2 Å². The van der Waals surface area contributed by atoms with Crippen LogP contribution in [-0.4, -0.2) is 41.3 Å². The minimum Gasteiger partial charge on any atom is -0.476 e. The highest BCUT2D eigenvalue weighted by Crippen LogP contribution is 2.29. The number of hydrogen-bond donors (Lipinski definition) is 2. The molecule has 0 fully saturated rings. The van der Waals surface area contributed by atoms with Crippen molar-refractivity contribution < 1.29 is 37.9 Å². The quantitative estimate of drug-likeness (QED) is 0.515. The van der Waals surface area contributed by atoms with E-state index in [4.69, 9.17) is 4.84 Å². The number of aliphatic hydroxyl groups excluding tert-OH is 1. The molecule has 2 aromatic carbocycles. The predicted molar refractivity (Wildman–Crippen MR) is 97.5 cm³/mol. The van der Waals surface area contributed by atoms with Crippen LogP contribution in [0.15, 0.2) is 58.8 Å². The Hall–Kier alpha value is -3.40. The summed E-state index contributed by atoms with van der Waals surface area (Å²) in [4.78, 5) is 21.1. The molecule has 0 aliphatic carbocycles. The molecule has 154 valence electrons. The number of hydrogen-bond acceptors (Lipinski definition) is 6. The third-order valence-electron chi connectivity index (χ3n) is 3.73. The van der Waals surface area contributed by atoms with Crippen LogP contribution >= 0.6 is 0 Å². The highest BCUT2D eigenvalue weighted by molar-refractivity contribution is 6.42. The number of aliphatic hydroxyl groups is 1. The van der Waals surface area contributed by atoms with Crippen LogP contribution < -0.4 is 0 Å². The van der Waals surface area contributed by atoms with Crippen LogP contribution in [0.1, 0.15) is 22.3 Å². The van der Waals surface area contributed by atoms with Gasteiger partial charge in [-0.15, -0.1) is 0 Å². The van der Waals surface area contributed by atoms with Crippen LogP contribution in [0.4, 0.5) is 13.2 Å². The lowest BCUT2D eigenvalue weighted by Gasteiger charge is -2.10. The normalized spacial score (nSPS) is 12.6. The Labute approximate surface area is 163 Å². The zero-order valence-corrected chi connectivity index (χ0v) is 15.2. The Bertz CT molecular complexity index is 926. The second-order valence-electron chi connectivity index (χ2n) is 5.63. The molecule has 0 unspecified atom stereocenters. The zero-order chi connectivity index (χ0) is 21.4. The number of aliphatic carboxylic acids is 1. The van der Waals surface area contributed by atoms with Gasteiger partial charge < -0.3 is 19.9 Å². The van der Waals surface area contributed by atoms with Crippen molar-refractivity contribution in [2.24, 2.45) is 10.3 Å². The number of halogens is 3. The van der Waals surface area contributed by atoms with Gasteiger partial charge in [-0.2, -0.15) is 13.2 Å². The molecule has 2 rings (SSSR count). The highest BCUT2D eigenvalue weighted by Gasteiger charge is 2.30. The number of oxime groups is 2. The van der Waals surface area contributed by atoms with Crippen molar-refractivity contribution in [3.63, 3.8) is 0 Å². The predicted octanol–water partition coefficient (Wildman–Crippen LogP) is 3.05. The first kappa shape index (κ1) is 21.9. The number of carboxylic acid groups (broad SMARTS) is 1. The standard InChI is InChI=1S/C19H17F3N2O5/c1-28-24-17(18(26)27)15-8-3-2-5-13(15)11-29-23-16(10-25)12-6-4-7-14(9-12)19(20,21)22/h2-9,25H,10-11H2,1H3,(H,26,27)/b23-16+,24-17-. The number of benzene rings is 2. The monoisotopic (exact) mass is 410 g/mol. The van der Waals surface area contributed by atoms with Gasteiger partial charge in [0, 0.05) is 16.7 Å². The molecule has 0 saturated carbocycles. The largest absolute Gasteiger partial charge is 0.476 e. The summed E-state index contributed by atoms with van der Waals surface area (Å²) in [6.07, 6.45) is -4.54. The second-order valence-corrected chi connectivity index (χ2v) is 5.63. The molecule has 0 saturated heterocycles. The molecule has 0 heterocycles. The molecule has 0 amide bonds. The van der Waals surface area contributed by atoms with Crippen molar-refractivity contribution in [3.05, 3.63) is 70.8 Å². The molecule has 0 aliphatic heterocycles. The number of carboxylic acids is 1. The van der Waals surface area contributed by atoms with Crippen LogP contribution in [0.25, 0.3) is 0 Å². The Morgan fingerprint density at radius 3 is 2.45 bits per heavy atom. The number of rotatable bonds is 8. The third kappa shape index (κ3) is 5.79. The summed E-state index contributed by atoms with van der Waals surface area (Å²) in [5, 5.41) is 25.9. The van der Waals surface area contributed by atoms with Gasteiger partial charge in [0.05, 0.1) is 12.2 Å². The summed E-state index contributed by atoms with van der Waals surface area (Å²) in [7, 11) is 1.20. The van der Waals surface area contributed by atoms with Crippen molar-refractivity contribution in [3.8, 4) is 0 Å². The van der Waals surface area contributed by atoms with Gasteiger partial charge in [0.1, 0.15) is 19.4 Å². The summed E-state index contributed by atoms with van der Waals surface area (Å²) >= 11 is 0. The minimum absolute atomic E-state index is 0.0442. The van der Waals surface area contributed by atoms with Gasteiger partial charge in [-0.3, -0.25) is 0 Å². The zero-order valence-electron chi connectivity index (χ0n) is 15.2. The van der Waals surface area contributed by atoms with E-state index in [-0.39, 0.29) is 29.2 Å². The highest BCUT2D eigenvalue weighted by atomic mass is 19.4. The average Bonchev–Trinajstić information content (AvgIpc) is 2.69. The van der Waals surface area contributed by atoms with Crippen LogP contribution in [0.2, 0.25) is 0 Å². The summed E-state index contributed by atoms with van der Waals surface area (Å²) < 4.78 is 38.6. The maximum atomic E-state index is 12.9. The van der Waals surface area contributed by atoms with Gasteiger partial charge in [0.15, 0.2) is 5.71 Å². The van der Waals surface area contributed by atoms with E-state index in [1.165, 1.54) is 25.3 Å². The van der Waals surface area contributed by atoms with E-state index >= 15 is 0 Å². The summed E-state index contributed by atoms with van der Waals surface area (Å²) in [5.41, 5.74) is -0.683. The fourth-order valence-corrected chi connectivity index (χ4v) is 2.40. The first-order chi connectivity index (χ1) is 13.8. The molecule has 7 nitrogen and oxygen atoms in total. The van der Waals surface area contributed by atoms with Crippen LogP contribution in [0.5, 0.6) is 0 Å². The van der Waals surface area contributed by atoms with E-state index in [0.717, 1.165) is 12.1 Å². The van der Waals surface area contributed by atoms with E-state index in [9.17, 15) is 28.2 Å². The van der Waals surface area contributed by atoms with E-state index < -0.39 is 24.3 Å². The third-order valence-corrected chi connectivity index (χ3v) is 3.73. The molecule has 0 bridgehead atoms. The average molecular weight is 410 g/mol. The van der Waals surface area contributed by atoms with E-state index in [1.807, 2.05) is 0 Å². The van der Waals surface area contributed by atoms with Gasteiger partial charge >= 0.3 is 12.1 Å². The van der Waals surface area contributed by atoms with Crippen molar-refractivity contribution in [1.82, 2.24) is 0 Å². The Balaban J connectivity index is 2.25. The lowest BCUT2D eigenvalue weighted by molar-refractivity contribution is -0.137. The molecule has 0 radical (unpaired) electrons. The molecule has 2 aromatic rings. The molecule has 0 atom stereocenters. The molecular formula is C19H17F3N2O5. The molecule has 0 aromatic heterocycles. The van der Waals surface area contributed by atoms with Crippen LogP contribution in [0, 0.1) is 0 Å².